The van der Waals surface area contributed by atoms with Gasteiger partial charge in [0.2, 0.25) is 11.8 Å². The van der Waals surface area contributed by atoms with Crippen LogP contribution in [0, 0.1) is 6.92 Å². The molecule has 2 aromatic rings. The normalized spacial score (nSPS) is 10.6. The van der Waals surface area contributed by atoms with E-state index >= 15 is 0 Å². The van der Waals surface area contributed by atoms with E-state index in [0.717, 1.165) is 12.0 Å². The molecule has 0 atom stereocenters. The number of alkyl halides is 1. The lowest BCUT2D eigenvalue weighted by Gasteiger charge is -2.27. The molecule has 0 aliphatic carbocycles. The number of benzene rings is 1. The van der Waals surface area contributed by atoms with Gasteiger partial charge in [-0.3, -0.25) is 9.59 Å². The van der Waals surface area contributed by atoms with E-state index in [1.807, 2.05) is 47.5 Å². The maximum absolute atomic E-state index is 13.0. The molecule has 1 aromatic carbocycles. The lowest BCUT2D eigenvalue weighted by molar-refractivity contribution is -0.140. The molecule has 0 aliphatic rings. The predicted molar refractivity (Wildman–Crippen MR) is 107 cm³/mol. The van der Waals surface area contributed by atoms with E-state index in [4.69, 9.17) is 11.6 Å². The molecule has 0 spiro atoms. The maximum atomic E-state index is 13.0. The van der Waals surface area contributed by atoms with Crippen molar-refractivity contribution < 1.29 is 9.59 Å². The minimum absolute atomic E-state index is 0.0615. The van der Waals surface area contributed by atoms with Crippen molar-refractivity contribution in [3.63, 3.8) is 0 Å². The number of hydrogen-bond donors (Lipinski definition) is 0. The molecule has 2 rings (SSSR count). The van der Waals surface area contributed by atoms with E-state index in [0.29, 0.717) is 19.6 Å². The van der Waals surface area contributed by atoms with Crippen LogP contribution in [0.2, 0.25) is 0 Å². The number of aryl methyl sites for hydroxylation is 1. The maximum Gasteiger partial charge on any atom is 0.242 e. The number of carbonyl (C=O) groups excluding carboxylic acids is 2. The van der Waals surface area contributed by atoms with Gasteiger partial charge in [0.25, 0.3) is 0 Å². The van der Waals surface area contributed by atoms with Gasteiger partial charge in [-0.15, -0.1) is 22.9 Å². The average Bonchev–Trinajstić information content (AvgIpc) is 3.05. The smallest absolute Gasteiger partial charge is 0.242 e. The SMILES string of the molecule is CCCN(CC(=O)N(Cc1ccccc1)Cc1sccc1C)C(=O)CCl. The average molecular weight is 393 g/mol. The first-order valence-corrected chi connectivity index (χ1v) is 10.1. The van der Waals surface area contributed by atoms with Crippen molar-refractivity contribution in [2.75, 3.05) is 19.0 Å². The Bertz CT molecular complexity index is 718. The summed E-state index contributed by atoms with van der Waals surface area (Å²) in [6, 6.07) is 12.0. The van der Waals surface area contributed by atoms with Crippen LogP contribution in [0.25, 0.3) is 0 Å². The third-order valence-corrected chi connectivity index (χ3v) is 5.39. The molecule has 1 aromatic heterocycles. The fourth-order valence-corrected chi connectivity index (χ4v) is 3.77. The summed E-state index contributed by atoms with van der Waals surface area (Å²) in [5.41, 5.74) is 2.25. The zero-order chi connectivity index (χ0) is 18.9. The quantitative estimate of drug-likeness (QED) is 0.604. The molecule has 0 bridgehead atoms. The van der Waals surface area contributed by atoms with Gasteiger partial charge in [-0.25, -0.2) is 0 Å². The van der Waals surface area contributed by atoms with Gasteiger partial charge in [-0.2, -0.15) is 0 Å². The second kappa shape index (κ2) is 10.3. The molecule has 0 saturated carbocycles. The zero-order valence-electron chi connectivity index (χ0n) is 15.3. The highest BCUT2D eigenvalue weighted by Crippen LogP contribution is 2.19. The highest BCUT2D eigenvalue weighted by atomic mass is 35.5. The van der Waals surface area contributed by atoms with Gasteiger partial charge < -0.3 is 9.80 Å². The molecule has 6 heteroatoms. The molecule has 1 heterocycles. The minimum Gasteiger partial charge on any atom is -0.332 e. The second-order valence-electron chi connectivity index (χ2n) is 6.21. The summed E-state index contributed by atoms with van der Waals surface area (Å²) in [6.45, 7) is 5.70. The van der Waals surface area contributed by atoms with Gasteiger partial charge in [-0.05, 0) is 35.9 Å². The molecule has 26 heavy (non-hydrogen) atoms. The molecular formula is C20H25ClN2O2S. The van der Waals surface area contributed by atoms with E-state index in [1.54, 1.807) is 16.2 Å². The number of rotatable bonds is 9. The molecule has 0 N–H and O–H groups in total. The van der Waals surface area contributed by atoms with Crippen LogP contribution in [0.5, 0.6) is 0 Å². The predicted octanol–water partition coefficient (Wildman–Crippen LogP) is 4.06. The Morgan fingerprint density at radius 3 is 2.35 bits per heavy atom. The van der Waals surface area contributed by atoms with Gasteiger partial charge in [-0.1, -0.05) is 37.3 Å². The van der Waals surface area contributed by atoms with Gasteiger partial charge >= 0.3 is 0 Å². The minimum atomic E-state index is -0.200. The van der Waals surface area contributed by atoms with Crippen molar-refractivity contribution >= 4 is 34.8 Å². The van der Waals surface area contributed by atoms with Crippen molar-refractivity contribution in [3.05, 3.63) is 57.8 Å². The van der Waals surface area contributed by atoms with Crippen molar-refractivity contribution in [2.24, 2.45) is 0 Å². The highest BCUT2D eigenvalue weighted by molar-refractivity contribution is 7.10. The summed E-state index contributed by atoms with van der Waals surface area (Å²) in [5.74, 6) is -0.363. The summed E-state index contributed by atoms with van der Waals surface area (Å²) in [4.78, 5) is 29.5. The van der Waals surface area contributed by atoms with Crippen LogP contribution in [0.1, 0.15) is 29.3 Å². The fourth-order valence-electron chi connectivity index (χ4n) is 2.69. The van der Waals surface area contributed by atoms with Crippen LogP contribution in [-0.2, 0) is 22.7 Å². The fraction of sp³-hybridized carbons (Fsp3) is 0.400. The second-order valence-corrected chi connectivity index (χ2v) is 7.48. The van der Waals surface area contributed by atoms with Crippen LogP contribution in [0.3, 0.4) is 0 Å². The summed E-state index contributed by atoms with van der Waals surface area (Å²) < 4.78 is 0. The van der Waals surface area contributed by atoms with Gasteiger partial charge in [0, 0.05) is 18.0 Å². The summed E-state index contributed by atoms with van der Waals surface area (Å²) >= 11 is 7.35. The Kier molecular flexibility index (Phi) is 8.13. The van der Waals surface area contributed by atoms with Crippen LogP contribution in [-0.4, -0.2) is 40.6 Å². The van der Waals surface area contributed by atoms with Crippen molar-refractivity contribution in [3.8, 4) is 0 Å². The number of amides is 2. The Balaban J connectivity index is 2.16. The Morgan fingerprint density at radius 1 is 1.04 bits per heavy atom. The first-order valence-electron chi connectivity index (χ1n) is 8.73. The first-order chi connectivity index (χ1) is 12.5. The Hall–Kier alpha value is -1.85. The van der Waals surface area contributed by atoms with E-state index in [1.165, 1.54) is 10.4 Å². The zero-order valence-corrected chi connectivity index (χ0v) is 16.9. The van der Waals surface area contributed by atoms with Crippen molar-refractivity contribution in [2.45, 2.75) is 33.4 Å². The largest absolute Gasteiger partial charge is 0.332 e. The molecule has 4 nitrogen and oxygen atoms in total. The molecule has 2 amide bonds. The number of hydrogen-bond acceptors (Lipinski definition) is 3. The molecule has 0 saturated heterocycles. The Labute approximate surface area is 164 Å². The number of nitrogens with zero attached hydrogens (tertiary/aromatic N) is 2. The highest BCUT2D eigenvalue weighted by Gasteiger charge is 2.21. The summed E-state index contributed by atoms with van der Waals surface area (Å²) in [6.07, 6.45) is 0.790. The number of carbonyl (C=O) groups is 2. The lowest BCUT2D eigenvalue weighted by Crippen LogP contribution is -2.43. The molecule has 140 valence electrons. The standard InChI is InChI=1S/C20H25ClN2O2S/c1-3-10-22(19(24)12-21)15-20(25)23(13-17-7-5-4-6-8-17)14-18-16(2)9-11-26-18/h4-9,11H,3,10,12-15H2,1-2H3. The molecule has 0 radical (unpaired) electrons. The lowest BCUT2D eigenvalue weighted by atomic mass is 10.2. The molecule has 0 aliphatic heterocycles. The number of halogens is 1. The Morgan fingerprint density at radius 2 is 1.77 bits per heavy atom. The third kappa shape index (κ3) is 5.85. The summed E-state index contributed by atoms with van der Waals surface area (Å²) in [5, 5.41) is 2.04. The molecular weight excluding hydrogens is 368 g/mol. The van der Waals surface area contributed by atoms with Gasteiger partial charge in [0.15, 0.2) is 0 Å². The van der Waals surface area contributed by atoms with E-state index in [-0.39, 0.29) is 24.2 Å². The monoisotopic (exact) mass is 392 g/mol. The van der Waals surface area contributed by atoms with E-state index in [9.17, 15) is 9.59 Å². The van der Waals surface area contributed by atoms with Crippen LogP contribution < -0.4 is 0 Å². The van der Waals surface area contributed by atoms with Gasteiger partial charge in [0.05, 0.1) is 13.1 Å². The first kappa shape index (κ1) is 20.5. The molecule has 0 fully saturated rings. The summed E-state index contributed by atoms with van der Waals surface area (Å²) in [7, 11) is 0. The van der Waals surface area contributed by atoms with Crippen LogP contribution in [0.15, 0.2) is 41.8 Å². The van der Waals surface area contributed by atoms with Crippen molar-refractivity contribution in [1.82, 2.24) is 9.80 Å². The van der Waals surface area contributed by atoms with E-state index < -0.39 is 0 Å². The van der Waals surface area contributed by atoms with Crippen molar-refractivity contribution in [1.29, 1.82) is 0 Å². The third-order valence-electron chi connectivity index (χ3n) is 4.16. The number of thiophene rings is 1. The van der Waals surface area contributed by atoms with E-state index in [2.05, 4.69) is 13.0 Å². The van der Waals surface area contributed by atoms with Crippen LogP contribution >= 0.6 is 22.9 Å². The van der Waals surface area contributed by atoms with Crippen LogP contribution in [0.4, 0.5) is 0 Å². The van der Waals surface area contributed by atoms with Gasteiger partial charge in [0.1, 0.15) is 5.88 Å². The topological polar surface area (TPSA) is 40.6 Å². The molecule has 0 unspecified atom stereocenters.